The van der Waals surface area contributed by atoms with Crippen molar-refractivity contribution in [3.05, 3.63) is 65.9 Å². The van der Waals surface area contributed by atoms with Crippen molar-refractivity contribution in [1.82, 2.24) is 4.98 Å². The zero-order chi connectivity index (χ0) is 16.4. The van der Waals surface area contributed by atoms with Crippen LogP contribution >= 0.6 is 0 Å². The number of carbonyl (C=O) groups is 1. The zero-order valence-electron chi connectivity index (χ0n) is 13.6. The van der Waals surface area contributed by atoms with Gasteiger partial charge >= 0.3 is 0 Å². The summed E-state index contributed by atoms with van der Waals surface area (Å²) in [6.07, 6.45) is 1.66. The molecule has 1 heterocycles. The second kappa shape index (κ2) is 6.21. The van der Waals surface area contributed by atoms with Crippen LogP contribution in [-0.4, -0.2) is 10.8 Å². The van der Waals surface area contributed by atoms with E-state index in [9.17, 15) is 4.79 Å². The van der Waals surface area contributed by atoms with Crippen molar-refractivity contribution in [3.63, 3.8) is 0 Å². The van der Waals surface area contributed by atoms with Gasteiger partial charge in [0.15, 0.2) is 5.78 Å². The van der Waals surface area contributed by atoms with Crippen molar-refractivity contribution in [2.45, 2.75) is 26.7 Å². The predicted octanol–water partition coefficient (Wildman–Crippen LogP) is 5.30. The van der Waals surface area contributed by atoms with E-state index in [0.717, 1.165) is 22.3 Å². The molecule has 116 valence electrons. The Balaban J connectivity index is 2.23. The monoisotopic (exact) mass is 304 g/mol. The van der Waals surface area contributed by atoms with Crippen LogP contribution in [0.2, 0.25) is 0 Å². The van der Waals surface area contributed by atoms with Crippen molar-refractivity contribution < 1.29 is 4.79 Å². The van der Waals surface area contributed by atoms with E-state index in [4.69, 9.17) is 0 Å². The summed E-state index contributed by atoms with van der Waals surface area (Å²) < 4.78 is 0. The molecule has 0 spiro atoms. The van der Waals surface area contributed by atoms with Crippen LogP contribution in [0.4, 0.5) is 11.4 Å². The molecule has 0 aliphatic rings. The van der Waals surface area contributed by atoms with Gasteiger partial charge in [0.1, 0.15) is 0 Å². The number of hydrogen-bond acceptors (Lipinski definition) is 3. The molecule has 3 rings (SSSR count). The van der Waals surface area contributed by atoms with Crippen LogP contribution in [0.5, 0.6) is 0 Å². The standard InChI is InChI=1S/C20H20N2O/c1-13(2)15-9-10-19-17(11-15)20(18(12-21-19)14(3)23)22-16-7-5-4-6-8-16/h4-13H,1-3H3,(H,21,22). The Morgan fingerprint density at radius 1 is 1.09 bits per heavy atom. The lowest BCUT2D eigenvalue weighted by molar-refractivity contribution is 0.101. The third-order valence-corrected chi connectivity index (χ3v) is 3.98. The van der Waals surface area contributed by atoms with Gasteiger partial charge in [-0.2, -0.15) is 0 Å². The summed E-state index contributed by atoms with van der Waals surface area (Å²) in [7, 11) is 0. The summed E-state index contributed by atoms with van der Waals surface area (Å²) in [5.74, 6) is 0.428. The van der Waals surface area contributed by atoms with Crippen LogP contribution in [0.25, 0.3) is 10.9 Å². The molecule has 0 aliphatic heterocycles. The molecule has 1 aromatic heterocycles. The van der Waals surface area contributed by atoms with Crippen molar-refractivity contribution in [1.29, 1.82) is 0 Å². The molecular formula is C20H20N2O. The molecule has 0 atom stereocenters. The summed E-state index contributed by atoms with van der Waals surface area (Å²) in [5, 5.41) is 4.38. The minimum Gasteiger partial charge on any atom is -0.354 e. The Labute approximate surface area is 136 Å². The number of para-hydroxylation sites is 1. The minimum atomic E-state index is 0.00720. The smallest absolute Gasteiger partial charge is 0.163 e. The van der Waals surface area contributed by atoms with E-state index < -0.39 is 0 Å². The highest BCUT2D eigenvalue weighted by atomic mass is 16.1. The average Bonchev–Trinajstić information content (AvgIpc) is 2.55. The first-order valence-corrected chi connectivity index (χ1v) is 7.82. The third-order valence-electron chi connectivity index (χ3n) is 3.98. The molecule has 2 aromatic carbocycles. The summed E-state index contributed by atoms with van der Waals surface area (Å²) in [5.41, 5.74) is 4.52. The van der Waals surface area contributed by atoms with E-state index in [0.29, 0.717) is 11.5 Å². The van der Waals surface area contributed by atoms with E-state index >= 15 is 0 Å². The quantitative estimate of drug-likeness (QED) is 0.665. The topological polar surface area (TPSA) is 42.0 Å². The number of nitrogens with zero attached hydrogens (tertiary/aromatic N) is 1. The molecule has 0 saturated carbocycles. The van der Waals surface area contributed by atoms with Gasteiger partial charge in [0.25, 0.3) is 0 Å². The Hall–Kier alpha value is -2.68. The number of hydrogen-bond donors (Lipinski definition) is 1. The van der Waals surface area contributed by atoms with Gasteiger partial charge < -0.3 is 5.32 Å². The lowest BCUT2D eigenvalue weighted by Gasteiger charge is -2.15. The number of benzene rings is 2. The Kier molecular flexibility index (Phi) is 4.11. The largest absolute Gasteiger partial charge is 0.354 e. The van der Waals surface area contributed by atoms with Crippen LogP contribution in [0, 0.1) is 0 Å². The second-order valence-electron chi connectivity index (χ2n) is 6.03. The number of rotatable bonds is 4. The molecule has 0 bridgehead atoms. The van der Waals surface area contributed by atoms with Crippen LogP contribution in [0.3, 0.4) is 0 Å². The van der Waals surface area contributed by atoms with Gasteiger partial charge in [-0.3, -0.25) is 9.78 Å². The molecule has 0 amide bonds. The van der Waals surface area contributed by atoms with Gasteiger partial charge in [0, 0.05) is 17.3 Å². The molecule has 0 unspecified atom stereocenters. The van der Waals surface area contributed by atoms with Crippen LogP contribution < -0.4 is 5.32 Å². The molecule has 0 radical (unpaired) electrons. The van der Waals surface area contributed by atoms with Gasteiger partial charge in [-0.15, -0.1) is 0 Å². The Morgan fingerprint density at radius 2 is 1.83 bits per heavy atom. The summed E-state index contributed by atoms with van der Waals surface area (Å²) in [6.45, 7) is 5.90. The molecule has 0 fully saturated rings. The zero-order valence-corrected chi connectivity index (χ0v) is 13.6. The molecule has 3 heteroatoms. The first-order valence-electron chi connectivity index (χ1n) is 7.82. The molecule has 3 nitrogen and oxygen atoms in total. The minimum absolute atomic E-state index is 0.00720. The highest BCUT2D eigenvalue weighted by Crippen LogP contribution is 2.31. The maximum Gasteiger partial charge on any atom is 0.163 e. The Morgan fingerprint density at radius 3 is 2.48 bits per heavy atom. The predicted molar refractivity (Wildman–Crippen MR) is 95.6 cm³/mol. The van der Waals surface area contributed by atoms with Gasteiger partial charge in [0.2, 0.25) is 0 Å². The fourth-order valence-corrected chi connectivity index (χ4v) is 2.64. The Bertz CT molecular complexity index is 854. The third kappa shape index (κ3) is 3.09. The van der Waals surface area contributed by atoms with Crippen LogP contribution in [0.15, 0.2) is 54.7 Å². The van der Waals surface area contributed by atoms with Gasteiger partial charge in [-0.1, -0.05) is 38.1 Å². The molecule has 0 saturated heterocycles. The molecule has 23 heavy (non-hydrogen) atoms. The molecular weight excluding hydrogens is 284 g/mol. The lowest BCUT2D eigenvalue weighted by Crippen LogP contribution is -2.03. The molecule has 1 N–H and O–H groups in total. The number of Topliss-reactive ketones (excluding diaryl/α,β-unsaturated/α-hetero) is 1. The van der Waals surface area contributed by atoms with E-state index in [2.05, 4.69) is 36.3 Å². The van der Waals surface area contributed by atoms with Gasteiger partial charge in [-0.05, 0) is 42.7 Å². The summed E-state index contributed by atoms with van der Waals surface area (Å²) >= 11 is 0. The normalized spacial score (nSPS) is 11.0. The van der Waals surface area contributed by atoms with Crippen molar-refractivity contribution in [3.8, 4) is 0 Å². The second-order valence-corrected chi connectivity index (χ2v) is 6.03. The van der Waals surface area contributed by atoms with Crippen molar-refractivity contribution >= 4 is 28.1 Å². The van der Waals surface area contributed by atoms with Gasteiger partial charge in [0.05, 0.1) is 16.8 Å². The number of carbonyl (C=O) groups excluding carboxylic acids is 1. The summed E-state index contributed by atoms with van der Waals surface area (Å²) in [4.78, 5) is 16.5. The van der Waals surface area contributed by atoms with Crippen LogP contribution in [0.1, 0.15) is 42.6 Å². The van der Waals surface area contributed by atoms with E-state index in [1.807, 2.05) is 36.4 Å². The van der Waals surface area contributed by atoms with Crippen molar-refractivity contribution in [2.24, 2.45) is 0 Å². The number of aromatic nitrogens is 1. The molecule has 0 aliphatic carbocycles. The first-order chi connectivity index (χ1) is 11.1. The lowest BCUT2D eigenvalue weighted by atomic mass is 9.98. The highest BCUT2D eigenvalue weighted by molar-refractivity contribution is 6.08. The SMILES string of the molecule is CC(=O)c1cnc2ccc(C(C)C)cc2c1Nc1ccccc1. The van der Waals surface area contributed by atoms with Gasteiger partial charge in [-0.25, -0.2) is 0 Å². The number of pyridine rings is 1. The maximum atomic E-state index is 12.0. The fourth-order valence-electron chi connectivity index (χ4n) is 2.64. The van der Waals surface area contributed by atoms with Crippen LogP contribution in [-0.2, 0) is 0 Å². The number of fused-ring (bicyclic) bond motifs is 1. The number of anilines is 2. The van der Waals surface area contributed by atoms with Crippen molar-refractivity contribution in [2.75, 3.05) is 5.32 Å². The average molecular weight is 304 g/mol. The maximum absolute atomic E-state index is 12.0. The van der Waals surface area contributed by atoms with E-state index in [-0.39, 0.29) is 5.78 Å². The number of ketones is 1. The number of nitrogens with one attached hydrogen (secondary N) is 1. The highest BCUT2D eigenvalue weighted by Gasteiger charge is 2.14. The first kappa shape index (κ1) is 15.2. The fraction of sp³-hybridized carbons (Fsp3) is 0.200. The van der Waals surface area contributed by atoms with E-state index in [1.54, 1.807) is 13.1 Å². The summed E-state index contributed by atoms with van der Waals surface area (Å²) in [6, 6.07) is 16.1. The molecule has 3 aromatic rings. The van der Waals surface area contributed by atoms with E-state index in [1.165, 1.54) is 5.56 Å².